The summed E-state index contributed by atoms with van der Waals surface area (Å²) in [6, 6.07) is 4.60. The number of amides is 1. The number of methoxy groups -OCH3 is 1. The number of alkyl halides is 1. The first-order valence-corrected chi connectivity index (χ1v) is 6.83. The number of carbonyl (C=O) groups excluding carboxylic acids is 1. The first-order chi connectivity index (χ1) is 9.10. The number of ether oxygens (including phenoxy) is 1. The Kier molecular flexibility index (Phi) is 4.53. The highest BCUT2D eigenvalue weighted by Crippen LogP contribution is 2.29. The Morgan fingerprint density at radius 1 is 1.53 bits per heavy atom. The minimum atomic E-state index is -0.283. The molecular weight excluding hydrogens is 266 g/mol. The second-order valence-corrected chi connectivity index (χ2v) is 5.49. The molecule has 2 atom stereocenters. The lowest BCUT2D eigenvalue weighted by molar-refractivity contribution is 0.0944. The molecule has 0 heterocycles. The zero-order chi connectivity index (χ0) is 13.8. The summed E-state index contributed by atoms with van der Waals surface area (Å²) in [5, 5.41) is 12.8. The molecule has 1 aliphatic carbocycles. The number of phenols is 1. The van der Waals surface area contributed by atoms with E-state index in [-0.39, 0.29) is 22.6 Å². The van der Waals surface area contributed by atoms with E-state index in [1.54, 1.807) is 6.07 Å². The fourth-order valence-corrected chi connectivity index (χ4v) is 2.73. The second kappa shape index (κ2) is 6.15. The zero-order valence-electron chi connectivity index (χ0n) is 10.9. The van der Waals surface area contributed by atoms with Gasteiger partial charge in [0.1, 0.15) is 11.5 Å². The van der Waals surface area contributed by atoms with Crippen molar-refractivity contribution in [2.75, 3.05) is 13.7 Å². The van der Waals surface area contributed by atoms with Crippen molar-refractivity contribution < 1.29 is 14.6 Å². The van der Waals surface area contributed by atoms with Gasteiger partial charge in [0.15, 0.2) is 0 Å². The maximum atomic E-state index is 12.0. The number of hydrogen-bond donors (Lipinski definition) is 2. The van der Waals surface area contributed by atoms with Crippen LogP contribution >= 0.6 is 11.6 Å². The van der Waals surface area contributed by atoms with Crippen molar-refractivity contribution in [3.63, 3.8) is 0 Å². The third-order valence-electron chi connectivity index (χ3n) is 3.48. The zero-order valence-corrected chi connectivity index (χ0v) is 11.6. The summed E-state index contributed by atoms with van der Waals surface area (Å²) < 4.78 is 5.04. The number of carbonyl (C=O) groups is 1. The fraction of sp³-hybridized carbons (Fsp3) is 0.500. The number of hydrogen-bond acceptors (Lipinski definition) is 3. The average molecular weight is 284 g/mol. The standard InChI is InChI=1S/C14H18ClNO3/c1-19-11-4-5-13(17)12(7-11)14(18)16-8-9-2-3-10(15)6-9/h4-5,7,9-10,17H,2-3,6,8H2,1H3,(H,16,18). The molecule has 2 rings (SSSR count). The molecule has 0 bridgehead atoms. The van der Waals surface area contributed by atoms with E-state index in [1.807, 2.05) is 0 Å². The molecule has 2 unspecified atom stereocenters. The fourth-order valence-electron chi connectivity index (χ4n) is 2.36. The predicted octanol–water partition coefficient (Wildman–Crippen LogP) is 2.54. The number of rotatable bonds is 4. The van der Waals surface area contributed by atoms with Gasteiger partial charge < -0.3 is 15.2 Å². The number of halogens is 1. The number of nitrogens with one attached hydrogen (secondary N) is 1. The molecule has 19 heavy (non-hydrogen) atoms. The van der Waals surface area contributed by atoms with Crippen molar-refractivity contribution in [1.82, 2.24) is 5.32 Å². The van der Waals surface area contributed by atoms with Crippen molar-refractivity contribution >= 4 is 17.5 Å². The lowest BCUT2D eigenvalue weighted by Gasteiger charge is -2.12. The molecule has 2 N–H and O–H groups in total. The topological polar surface area (TPSA) is 58.6 Å². The van der Waals surface area contributed by atoms with Crippen molar-refractivity contribution in [1.29, 1.82) is 0 Å². The van der Waals surface area contributed by atoms with Crippen molar-refractivity contribution in [3.05, 3.63) is 23.8 Å². The van der Waals surface area contributed by atoms with Crippen molar-refractivity contribution in [2.45, 2.75) is 24.6 Å². The molecule has 4 nitrogen and oxygen atoms in total. The van der Waals surface area contributed by atoms with Crippen LogP contribution in [0.25, 0.3) is 0 Å². The van der Waals surface area contributed by atoms with E-state index in [4.69, 9.17) is 16.3 Å². The molecule has 0 spiro atoms. The van der Waals surface area contributed by atoms with Gasteiger partial charge in [-0.1, -0.05) is 0 Å². The summed E-state index contributed by atoms with van der Waals surface area (Å²) in [5.74, 6) is 0.651. The summed E-state index contributed by atoms with van der Waals surface area (Å²) in [6.07, 6.45) is 2.98. The van der Waals surface area contributed by atoms with Crippen LogP contribution in [0.3, 0.4) is 0 Å². The first kappa shape index (κ1) is 14.0. The van der Waals surface area contributed by atoms with Crippen molar-refractivity contribution in [2.24, 2.45) is 5.92 Å². The molecule has 1 aromatic carbocycles. The van der Waals surface area contributed by atoms with Gasteiger partial charge in [-0.15, -0.1) is 11.6 Å². The van der Waals surface area contributed by atoms with Gasteiger partial charge in [-0.25, -0.2) is 0 Å². The Labute approximate surface area is 117 Å². The van der Waals surface area contributed by atoms with E-state index in [0.717, 1.165) is 19.3 Å². The largest absolute Gasteiger partial charge is 0.507 e. The average Bonchev–Trinajstić information content (AvgIpc) is 2.82. The molecule has 1 fully saturated rings. The van der Waals surface area contributed by atoms with Gasteiger partial charge in [-0.05, 0) is 43.4 Å². The molecule has 5 heteroatoms. The normalized spacial score (nSPS) is 22.2. The molecule has 1 saturated carbocycles. The predicted molar refractivity (Wildman–Crippen MR) is 74.0 cm³/mol. The Morgan fingerprint density at radius 2 is 2.32 bits per heavy atom. The van der Waals surface area contributed by atoms with E-state index in [1.165, 1.54) is 19.2 Å². The van der Waals surface area contributed by atoms with Crippen LogP contribution in [0.1, 0.15) is 29.6 Å². The number of phenolic OH excluding ortho intramolecular Hbond substituents is 1. The lowest BCUT2D eigenvalue weighted by atomic mass is 10.1. The van der Waals surface area contributed by atoms with Crippen LogP contribution in [0.15, 0.2) is 18.2 Å². The van der Waals surface area contributed by atoms with E-state index in [2.05, 4.69) is 5.32 Å². The van der Waals surface area contributed by atoms with Crippen LogP contribution in [0.5, 0.6) is 11.5 Å². The van der Waals surface area contributed by atoms with E-state index < -0.39 is 0 Å². The summed E-state index contributed by atoms with van der Waals surface area (Å²) in [4.78, 5) is 12.0. The molecule has 0 radical (unpaired) electrons. The van der Waals surface area contributed by atoms with E-state index in [0.29, 0.717) is 18.2 Å². The third kappa shape index (κ3) is 3.53. The van der Waals surface area contributed by atoms with Crippen LogP contribution in [0.2, 0.25) is 0 Å². The molecule has 0 saturated heterocycles. The van der Waals surface area contributed by atoms with Gasteiger partial charge >= 0.3 is 0 Å². The first-order valence-electron chi connectivity index (χ1n) is 6.39. The lowest BCUT2D eigenvalue weighted by Crippen LogP contribution is -2.28. The second-order valence-electron chi connectivity index (χ2n) is 4.87. The third-order valence-corrected chi connectivity index (χ3v) is 3.87. The maximum absolute atomic E-state index is 12.0. The monoisotopic (exact) mass is 283 g/mol. The highest BCUT2D eigenvalue weighted by molar-refractivity contribution is 6.20. The molecule has 0 aliphatic heterocycles. The van der Waals surface area contributed by atoms with Gasteiger partial charge in [0.05, 0.1) is 12.7 Å². The molecule has 1 aromatic rings. The van der Waals surface area contributed by atoms with Gasteiger partial charge in [0.2, 0.25) is 0 Å². The molecule has 1 amide bonds. The van der Waals surface area contributed by atoms with E-state index >= 15 is 0 Å². The number of aromatic hydroxyl groups is 1. The highest BCUT2D eigenvalue weighted by atomic mass is 35.5. The molecule has 1 aliphatic rings. The quantitative estimate of drug-likeness (QED) is 0.835. The highest BCUT2D eigenvalue weighted by Gasteiger charge is 2.23. The Bertz CT molecular complexity index is 464. The molecular formula is C14H18ClNO3. The van der Waals surface area contributed by atoms with Gasteiger partial charge in [0, 0.05) is 11.9 Å². The Morgan fingerprint density at radius 3 is 2.95 bits per heavy atom. The smallest absolute Gasteiger partial charge is 0.255 e. The van der Waals surface area contributed by atoms with Crippen LogP contribution in [0.4, 0.5) is 0 Å². The molecule has 104 valence electrons. The minimum absolute atomic E-state index is 0.0417. The van der Waals surface area contributed by atoms with Crippen LogP contribution in [0, 0.1) is 5.92 Å². The minimum Gasteiger partial charge on any atom is -0.507 e. The van der Waals surface area contributed by atoms with Crippen LogP contribution in [-0.2, 0) is 0 Å². The van der Waals surface area contributed by atoms with Gasteiger partial charge in [-0.2, -0.15) is 0 Å². The van der Waals surface area contributed by atoms with Gasteiger partial charge in [0.25, 0.3) is 5.91 Å². The maximum Gasteiger partial charge on any atom is 0.255 e. The summed E-state index contributed by atoms with van der Waals surface area (Å²) >= 11 is 6.03. The summed E-state index contributed by atoms with van der Waals surface area (Å²) in [6.45, 7) is 0.596. The van der Waals surface area contributed by atoms with E-state index in [9.17, 15) is 9.90 Å². The van der Waals surface area contributed by atoms with Gasteiger partial charge in [-0.3, -0.25) is 4.79 Å². The number of benzene rings is 1. The van der Waals surface area contributed by atoms with Crippen LogP contribution < -0.4 is 10.1 Å². The van der Waals surface area contributed by atoms with Crippen molar-refractivity contribution in [3.8, 4) is 11.5 Å². The summed E-state index contributed by atoms with van der Waals surface area (Å²) in [5.41, 5.74) is 0.236. The SMILES string of the molecule is COc1ccc(O)c(C(=O)NCC2CCC(Cl)C2)c1. The Balaban J connectivity index is 1.96. The summed E-state index contributed by atoms with van der Waals surface area (Å²) in [7, 11) is 1.52. The molecule has 0 aromatic heterocycles. The Hall–Kier alpha value is -1.42. The van der Waals surface area contributed by atoms with Crippen LogP contribution in [-0.4, -0.2) is 30.0 Å².